The minimum atomic E-state index is -0.306. The van der Waals surface area contributed by atoms with Gasteiger partial charge in [0.15, 0.2) is 0 Å². The van der Waals surface area contributed by atoms with Crippen molar-refractivity contribution in [2.24, 2.45) is 0 Å². The van der Waals surface area contributed by atoms with E-state index >= 15 is 0 Å². The highest BCUT2D eigenvalue weighted by atomic mass is 79.9. The van der Waals surface area contributed by atoms with Crippen LogP contribution in [-0.4, -0.2) is 12.6 Å². The molecule has 130 valence electrons. The molecule has 0 heterocycles. The van der Waals surface area contributed by atoms with Crippen LogP contribution in [-0.2, 0) is 9.53 Å². The maximum atomic E-state index is 12.4. The Morgan fingerprint density at radius 2 is 1.68 bits per heavy atom. The van der Waals surface area contributed by atoms with Gasteiger partial charge < -0.3 is 4.74 Å². The summed E-state index contributed by atoms with van der Waals surface area (Å²) in [4.78, 5) is 12.4. The molecule has 0 aliphatic heterocycles. The molecule has 0 bridgehead atoms. The molecule has 0 aromatic heterocycles. The number of carbonyl (C=O) groups excluding carboxylic acids is 1. The van der Waals surface area contributed by atoms with Gasteiger partial charge in [-0.3, -0.25) is 0 Å². The molecular formula is C21H20Br2O2. The Bertz CT molecular complexity index is 779. The van der Waals surface area contributed by atoms with E-state index in [1.54, 1.807) is 6.08 Å². The average molecular weight is 464 g/mol. The standard InChI is InChI=1S/C21H20Br2O2/c1-2-3-12-25-21(24)18(13-17-7-5-9-20(23)15-17)11-10-16-6-4-8-19(22)14-16/h4-11,13-15H,2-3,12H2,1H3/b11-10+,18-13-. The lowest BCUT2D eigenvalue weighted by Gasteiger charge is -2.05. The minimum Gasteiger partial charge on any atom is -0.462 e. The Kier molecular flexibility index (Phi) is 8.16. The van der Waals surface area contributed by atoms with Gasteiger partial charge in [-0.2, -0.15) is 0 Å². The number of carbonyl (C=O) groups is 1. The molecule has 0 radical (unpaired) electrons. The van der Waals surface area contributed by atoms with Gasteiger partial charge in [0.05, 0.1) is 12.2 Å². The van der Waals surface area contributed by atoms with Crippen molar-refractivity contribution < 1.29 is 9.53 Å². The Balaban J connectivity index is 2.26. The second kappa shape index (κ2) is 10.4. The molecule has 0 saturated heterocycles. The van der Waals surface area contributed by atoms with Crippen LogP contribution in [0.1, 0.15) is 30.9 Å². The lowest BCUT2D eigenvalue weighted by molar-refractivity contribution is -0.138. The van der Waals surface area contributed by atoms with Gasteiger partial charge in [0.25, 0.3) is 0 Å². The zero-order chi connectivity index (χ0) is 18.1. The number of rotatable bonds is 7. The monoisotopic (exact) mass is 462 g/mol. The van der Waals surface area contributed by atoms with E-state index in [-0.39, 0.29) is 5.97 Å². The smallest absolute Gasteiger partial charge is 0.338 e. The van der Waals surface area contributed by atoms with Gasteiger partial charge in [0, 0.05) is 8.95 Å². The molecular weight excluding hydrogens is 444 g/mol. The summed E-state index contributed by atoms with van der Waals surface area (Å²) < 4.78 is 7.35. The van der Waals surface area contributed by atoms with Gasteiger partial charge >= 0.3 is 5.97 Å². The molecule has 0 atom stereocenters. The predicted molar refractivity (Wildman–Crippen MR) is 111 cm³/mol. The largest absolute Gasteiger partial charge is 0.462 e. The Labute approximate surface area is 165 Å². The number of halogens is 2. The third-order valence-electron chi connectivity index (χ3n) is 3.44. The number of hydrogen-bond donors (Lipinski definition) is 0. The molecule has 0 fully saturated rings. The fourth-order valence-corrected chi connectivity index (χ4v) is 2.97. The fraction of sp³-hybridized carbons (Fsp3) is 0.190. The van der Waals surface area contributed by atoms with Crippen LogP contribution in [0.25, 0.3) is 12.2 Å². The Morgan fingerprint density at radius 3 is 2.32 bits per heavy atom. The molecule has 2 aromatic rings. The molecule has 0 spiro atoms. The zero-order valence-electron chi connectivity index (χ0n) is 14.0. The van der Waals surface area contributed by atoms with Gasteiger partial charge in [-0.15, -0.1) is 0 Å². The summed E-state index contributed by atoms with van der Waals surface area (Å²) in [5.41, 5.74) is 2.47. The first-order valence-corrected chi connectivity index (χ1v) is 9.75. The third-order valence-corrected chi connectivity index (χ3v) is 4.43. The van der Waals surface area contributed by atoms with E-state index in [1.807, 2.05) is 60.7 Å². The summed E-state index contributed by atoms with van der Waals surface area (Å²) in [6.45, 7) is 2.51. The molecule has 2 rings (SSSR count). The number of hydrogen-bond acceptors (Lipinski definition) is 2. The van der Waals surface area contributed by atoms with Crippen LogP contribution >= 0.6 is 31.9 Å². The van der Waals surface area contributed by atoms with E-state index in [9.17, 15) is 4.79 Å². The minimum absolute atomic E-state index is 0.306. The zero-order valence-corrected chi connectivity index (χ0v) is 17.2. The van der Waals surface area contributed by atoms with Crippen LogP contribution in [0, 0.1) is 0 Å². The van der Waals surface area contributed by atoms with E-state index in [0.717, 1.165) is 32.9 Å². The van der Waals surface area contributed by atoms with Crippen LogP contribution in [0.5, 0.6) is 0 Å². The van der Waals surface area contributed by atoms with Crippen LogP contribution in [0.4, 0.5) is 0 Å². The highest BCUT2D eigenvalue weighted by molar-refractivity contribution is 9.10. The second-order valence-corrected chi connectivity index (χ2v) is 7.36. The quantitative estimate of drug-likeness (QED) is 0.199. The summed E-state index contributed by atoms with van der Waals surface area (Å²) in [7, 11) is 0. The maximum absolute atomic E-state index is 12.4. The number of ether oxygens (including phenoxy) is 1. The summed E-state index contributed by atoms with van der Waals surface area (Å²) in [6.07, 6.45) is 7.41. The molecule has 0 aliphatic carbocycles. The SMILES string of the molecule is CCCCOC(=O)C(=C\c1cccc(Br)c1)/C=C/c1cccc(Br)c1. The van der Waals surface area contributed by atoms with Gasteiger partial charge in [-0.05, 0) is 54.0 Å². The van der Waals surface area contributed by atoms with Crippen molar-refractivity contribution in [1.82, 2.24) is 0 Å². The van der Waals surface area contributed by atoms with E-state index in [2.05, 4.69) is 38.8 Å². The number of unbranched alkanes of at least 4 members (excludes halogenated alkanes) is 1. The van der Waals surface area contributed by atoms with Gasteiger partial charge in [-0.25, -0.2) is 4.79 Å². The normalized spacial score (nSPS) is 11.7. The number of esters is 1. The van der Waals surface area contributed by atoms with Crippen molar-refractivity contribution >= 4 is 50.0 Å². The van der Waals surface area contributed by atoms with Crippen molar-refractivity contribution in [3.05, 3.63) is 80.3 Å². The highest BCUT2D eigenvalue weighted by Gasteiger charge is 2.08. The van der Waals surface area contributed by atoms with Crippen molar-refractivity contribution in [2.45, 2.75) is 19.8 Å². The van der Waals surface area contributed by atoms with E-state index in [0.29, 0.717) is 12.2 Å². The first kappa shape index (κ1) is 19.7. The van der Waals surface area contributed by atoms with Gasteiger partial charge in [0.2, 0.25) is 0 Å². The third kappa shape index (κ3) is 7.00. The molecule has 0 unspecified atom stereocenters. The van der Waals surface area contributed by atoms with E-state index < -0.39 is 0 Å². The van der Waals surface area contributed by atoms with Crippen LogP contribution in [0.2, 0.25) is 0 Å². The second-order valence-electron chi connectivity index (χ2n) is 5.53. The van der Waals surface area contributed by atoms with Crippen LogP contribution in [0.3, 0.4) is 0 Å². The highest BCUT2D eigenvalue weighted by Crippen LogP contribution is 2.18. The molecule has 2 nitrogen and oxygen atoms in total. The van der Waals surface area contributed by atoms with Crippen molar-refractivity contribution in [3.63, 3.8) is 0 Å². The van der Waals surface area contributed by atoms with Gasteiger partial charge in [-0.1, -0.05) is 75.5 Å². The summed E-state index contributed by atoms with van der Waals surface area (Å²) in [5.74, 6) is -0.306. The van der Waals surface area contributed by atoms with E-state index in [1.165, 1.54) is 0 Å². The van der Waals surface area contributed by atoms with Gasteiger partial charge in [0.1, 0.15) is 0 Å². The molecule has 0 saturated carbocycles. The maximum Gasteiger partial charge on any atom is 0.338 e. The molecule has 0 amide bonds. The molecule has 0 N–H and O–H groups in total. The Hall–Kier alpha value is -1.65. The molecule has 0 aliphatic rings. The molecule has 4 heteroatoms. The molecule has 25 heavy (non-hydrogen) atoms. The average Bonchev–Trinajstić information content (AvgIpc) is 2.59. The topological polar surface area (TPSA) is 26.3 Å². The summed E-state index contributed by atoms with van der Waals surface area (Å²) >= 11 is 6.91. The van der Waals surface area contributed by atoms with Crippen molar-refractivity contribution in [1.29, 1.82) is 0 Å². The Morgan fingerprint density at radius 1 is 1.04 bits per heavy atom. The van der Waals surface area contributed by atoms with Crippen LogP contribution in [0.15, 0.2) is 69.1 Å². The van der Waals surface area contributed by atoms with Crippen molar-refractivity contribution in [2.75, 3.05) is 6.61 Å². The summed E-state index contributed by atoms with van der Waals surface area (Å²) in [5, 5.41) is 0. The lowest BCUT2D eigenvalue weighted by Crippen LogP contribution is -2.07. The molecule has 2 aromatic carbocycles. The lowest BCUT2D eigenvalue weighted by atomic mass is 10.1. The first-order chi connectivity index (χ1) is 12.1. The fourth-order valence-electron chi connectivity index (χ4n) is 2.14. The first-order valence-electron chi connectivity index (χ1n) is 8.16. The summed E-state index contributed by atoms with van der Waals surface area (Å²) in [6, 6.07) is 15.7. The van der Waals surface area contributed by atoms with Crippen LogP contribution < -0.4 is 0 Å². The van der Waals surface area contributed by atoms with Crippen molar-refractivity contribution in [3.8, 4) is 0 Å². The number of benzene rings is 2. The van der Waals surface area contributed by atoms with E-state index in [4.69, 9.17) is 4.74 Å². The predicted octanol–water partition coefficient (Wildman–Crippen LogP) is 6.65.